The summed E-state index contributed by atoms with van der Waals surface area (Å²) in [6, 6.07) is 4.27. The fraction of sp³-hybridized carbons (Fsp3) is 0.143. The first-order valence-electron chi connectivity index (χ1n) is 8.63. The number of ketones is 1. The van der Waals surface area contributed by atoms with Crippen LogP contribution in [0.15, 0.2) is 35.7 Å². The van der Waals surface area contributed by atoms with Gasteiger partial charge in [-0.2, -0.15) is 13.2 Å². The number of Topliss-reactive ketones (excluding diaryl/α,β-unsaturated/α-hetero) is 1. The van der Waals surface area contributed by atoms with Crippen molar-refractivity contribution in [3.63, 3.8) is 0 Å². The van der Waals surface area contributed by atoms with Gasteiger partial charge in [-0.25, -0.2) is 13.6 Å². The first-order valence-corrected chi connectivity index (χ1v) is 9.51. The predicted molar refractivity (Wildman–Crippen MR) is 103 cm³/mol. The number of halogens is 5. The Hall–Kier alpha value is -3.27. The number of rotatable bonds is 5. The van der Waals surface area contributed by atoms with Crippen LogP contribution < -0.4 is 0 Å². The average Bonchev–Trinajstić information content (AvgIpc) is 3.09. The molecule has 0 atom stereocenters. The molecular weight excluding hydrogens is 443 g/mol. The fourth-order valence-electron chi connectivity index (χ4n) is 2.99. The molecule has 0 bridgehead atoms. The monoisotopic (exact) mass is 456 g/mol. The Morgan fingerprint density at radius 1 is 1.03 bits per heavy atom. The molecule has 0 saturated carbocycles. The minimum absolute atomic E-state index is 0.0174. The van der Waals surface area contributed by atoms with Crippen molar-refractivity contribution in [3.8, 4) is 16.9 Å². The third-order valence-electron chi connectivity index (χ3n) is 4.59. The van der Waals surface area contributed by atoms with E-state index in [0.717, 1.165) is 17.4 Å². The van der Waals surface area contributed by atoms with E-state index in [1.807, 2.05) is 0 Å². The Balaban J connectivity index is 2.04. The van der Waals surface area contributed by atoms with Gasteiger partial charge in [-0.3, -0.25) is 4.79 Å². The van der Waals surface area contributed by atoms with E-state index in [9.17, 15) is 41.8 Å². The molecule has 2 N–H and O–H groups in total. The smallest absolute Gasteiger partial charge is 0.416 e. The number of aromatic hydroxyl groups is 1. The Morgan fingerprint density at radius 2 is 1.71 bits per heavy atom. The molecule has 2 aromatic carbocycles. The van der Waals surface area contributed by atoms with E-state index in [1.54, 1.807) is 0 Å². The van der Waals surface area contributed by atoms with Gasteiger partial charge in [-0.15, -0.1) is 11.3 Å². The highest BCUT2D eigenvalue weighted by molar-refractivity contribution is 7.11. The Bertz CT molecular complexity index is 1200. The Morgan fingerprint density at radius 3 is 2.32 bits per heavy atom. The van der Waals surface area contributed by atoms with E-state index in [4.69, 9.17) is 0 Å². The Labute approximate surface area is 176 Å². The van der Waals surface area contributed by atoms with Gasteiger partial charge in [0.1, 0.15) is 5.75 Å². The van der Waals surface area contributed by atoms with Gasteiger partial charge in [0.15, 0.2) is 17.4 Å². The summed E-state index contributed by atoms with van der Waals surface area (Å²) in [5.74, 6) is -5.58. The molecule has 0 saturated heterocycles. The molecule has 3 rings (SSSR count). The van der Waals surface area contributed by atoms with Crippen LogP contribution >= 0.6 is 11.3 Å². The highest BCUT2D eigenvalue weighted by atomic mass is 32.1. The number of carbonyl (C=O) groups is 2. The lowest BCUT2D eigenvalue weighted by Crippen LogP contribution is -2.10. The summed E-state index contributed by atoms with van der Waals surface area (Å²) in [6.45, 7) is 1.33. The molecule has 0 amide bonds. The number of carbonyl (C=O) groups excluding carboxylic acids is 1. The van der Waals surface area contributed by atoms with Crippen molar-refractivity contribution in [1.82, 2.24) is 0 Å². The van der Waals surface area contributed by atoms with Crippen LogP contribution in [0.1, 0.15) is 36.7 Å². The molecule has 0 aliphatic rings. The van der Waals surface area contributed by atoms with Crippen LogP contribution in [0.2, 0.25) is 0 Å². The van der Waals surface area contributed by atoms with E-state index in [-0.39, 0.29) is 21.6 Å². The maximum atomic E-state index is 14.4. The fourth-order valence-corrected chi connectivity index (χ4v) is 4.03. The molecular formula is C21H13F5O4S. The van der Waals surface area contributed by atoms with Gasteiger partial charge >= 0.3 is 12.1 Å². The number of alkyl halides is 3. The normalized spacial score (nSPS) is 11.5. The molecule has 31 heavy (non-hydrogen) atoms. The van der Waals surface area contributed by atoms with Crippen molar-refractivity contribution in [2.45, 2.75) is 19.5 Å². The Kier molecular flexibility index (Phi) is 5.86. The van der Waals surface area contributed by atoms with Gasteiger partial charge < -0.3 is 10.2 Å². The van der Waals surface area contributed by atoms with Gasteiger partial charge in [0.25, 0.3) is 0 Å². The topological polar surface area (TPSA) is 74.6 Å². The summed E-state index contributed by atoms with van der Waals surface area (Å²) in [6.07, 6.45) is -5.41. The van der Waals surface area contributed by atoms with E-state index in [2.05, 4.69) is 0 Å². The van der Waals surface area contributed by atoms with Gasteiger partial charge in [-0.1, -0.05) is 12.1 Å². The zero-order valence-electron chi connectivity index (χ0n) is 15.7. The van der Waals surface area contributed by atoms with Crippen LogP contribution in [0.25, 0.3) is 11.1 Å². The molecule has 1 aromatic heterocycles. The number of hydrogen-bond acceptors (Lipinski definition) is 4. The lowest BCUT2D eigenvalue weighted by Gasteiger charge is -2.10. The zero-order valence-corrected chi connectivity index (χ0v) is 16.5. The summed E-state index contributed by atoms with van der Waals surface area (Å²) in [7, 11) is 0. The third kappa shape index (κ3) is 4.29. The van der Waals surface area contributed by atoms with Gasteiger partial charge in [0.05, 0.1) is 16.7 Å². The number of aryl methyl sites for hydroxylation is 1. The van der Waals surface area contributed by atoms with Crippen molar-refractivity contribution in [2.75, 3.05) is 0 Å². The van der Waals surface area contributed by atoms with Gasteiger partial charge in [-0.05, 0) is 36.1 Å². The number of carboxylic acid groups (broad SMARTS) is 1. The molecule has 1 heterocycles. The summed E-state index contributed by atoms with van der Waals surface area (Å²) < 4.78 is 67.0. The highest BCUT2D eigenvalue weighted by Crippen LogP contribution is 2.37. The predicted octanol–water partition coefficient (Wildman–Crippen LogP) is 5.85. The van der Waals surface area contributed by atoms with Crippen molar-refractivity contribution in [2.24, 2.45) is 0 Å². The van der Waals surface area contributed by atoms with Crippen LogP contribution in [0.5, 0.6) is 5.75 Å². The zero-order chi connectivity index (χ0) is 23.1. The largest absolute Gasteiger partial charge is 0.507 e. The first kappa shape index (κ1) is 22.4. The molecule has 162 valence electrons. The molecule has 0 aliphatic heterocycles. The summed E-state index contributed by atoms with van der Waals surface area (Å²) in [4.78, 5) is 24.3. The van der Waals surface area contributed by atoms with E-state index in [0.29, 0.717) is 12.1 Å². The molecule has 0 aliphatic carbocycles. The lowest BCUT2D eigenvalue weighted by atomic mass is 9.97. The summed E-state index contributed by atoms with van der Waals surface area (Å²) >= 11 is 0.762. The van der Waals surface area contributed by atoms with Crippen LogP contribution in [0.4, 0.5) is 22.0 Å². The summed E-state index contributed by atoms with van der Waals surface area (Å²) in [5.41, 5.74) is -2.72. The number of phenols is 1. The molecule has 0 radical (unpaired) electrons. The lowest BCUT2D eigenvalue weighted by molar-refractivity contribution is -0.137. The van der Waals surface area contributed by atoms with Gasteiger partial charge in [0.2, 0.25) is 0 Å². The molecule has 3 aromatic rings. The standard InChI is InChI=1S/C21H13F5O4S/c1-9-2-4-11(19(23)18(9)22)13-8-31-16(17(13)20(29)30)7-15(28)12-6-10(21(24,25)26)3-5-14(12)27/h2-6,8,27H,7H2,1H3,(H,29,30). The van der Waals surface area contributed by atoms with Gasteiger partial charge in [0, 0.05) is 22.4 Å². The minimum atomic E-state index is -4.75. The van der Waals surface area contributed by atoms with Crippen LogP contribution in [0, 0.1) is 18.6 Å². The number of benzene rings is 2. The van der Waals surface area contributed by atoms with Crippen molar-refractivity contribution < 1.29 is 41.8 Å². The highest BCUT2D eigenvalue weighted by Gasteiger charge is 2.32. The SMILES string of the molecule is Cc1ccc(-c2csc(CC(=O)c3cc(C(F)(F)F)ccc3O)c2C(=O)O)c(F)c1F. The number of hydrogen-bond donors (Lipinski definition) is 2. The first-order chi connectivity index (χ1) is 14.4. The van der Waals surface area contributed by atoms with Crippen molar-refractivity contribution in [1.29, 1.82) is 0 Å². The third-order valence-corrected chi connectivity index (χ3v) is 5.58. The quantitative estimate of drug-likeness (QED) is 0.373. The second-order valence-electron chi connectivity index (χ2n) is 6.64. The van der Waals surface area contributed by atoms with Crippen molar-refractivity contribution in [3.05, 3.63) is 74.5 Å². The second-order valence-corrected chi connectivity index (χ2v) is 7.60. The van der Waals surface area contributed by atoms with E-state index in [1.165, 1.54) is 24.4 Å². The van der Waals surface area contributed by atoms with Crippen molar-refractivity contribution >= 4 is 23.1 Å². The number of aromatic carboxylic acids is 1. The van der Waals surface area contributed by atoms with Crippen LogP contribution in [-0.2, 0) is 12.6 Å². The molecule has 10 heteroatoms. The summed E-state index contributed by atoms with van der Waals surface area (Å²) in [5, 5.41) is 20.6. The molecule has 0 unspecified atom stereocenters. The molecule has 0 fully saturated rings. The maximum absolute atomic E-state index is 14.4. The number of thiophene rings is 1. The number of carboxylic acids is 1. The van der Waals surface area contributed by atoms with E-state index >= 15 is 0 Å². The van der Waals surface area contributed by atoms with Crippen LogP contribution in [-0.4, -0.2) is 22.0 Å². The van der Waals surface area contributed by atoms with E-state index < -0.39 is 58.4 Å². The average molecular weight is 456 g/mol. The maximum Gasteiger partial charge on any atom is 0.416 e. The van der Waals surface area contributed by atoms with Crippen LogP contribution in [0.3, 0.4) is 0 Å². The number of phenolic OH excluding ortho intramolecular Hbond substituents is 1. The second kappa shape index (κ2) is 8.10. The molecule has 0 spiro atoms. The minimum Gasteiger partial charge on any atom is -0.507 e. The molecule has 4 nitrogen and oxygen atoms in total.